The highest BCUT2D eigenvalue weighted by molar-refractivity contribution is 5.73. The zero-order valence-corrected chi connectivity index (χ0v) is 10.8. The van der Waals surface area contributed by atoms with Crippen molar-refractivity contribution in [2.24, 2.45) is 0 Å². The number of hydrogen-bond acceptors (Lipinski definition) is 4. The molecule has 1 aliphatic rings. The van der Waals surface area contributed by atoms with E-state index in [2.05, 4.69) is 24.2 Å². The Labute approximate surface area is 103 Å². The molecule has 17 heavy (non-hydrogen) atoms. The average molecular weight is 244 g/mol. The predicted molar refractivity (Wildman–Crippen MR) is 66.2 cm³/mol. The first-order valence-electron chi connectivity index (χ1n) is 6.39. The third-order valence-corrected chi connectivity index (χ3v) is 3.08. The minimum atomic E-state index is -0.761. The number of ether oxygens (including phenoxy) is 1. The number of aliphatic carboxylic acids is 1. The van der Waals surface area contributed by atoms with Crippen molar-refractivity contribution in [3.63, 3.8) is 0 Å². The lowest BCUT2D eigenvalue weighted by atomic mass is 10.1. The summed E-state index contributed by atoms with van der Waals surface area (Å²) in [6.07, 6.45) is 2.76. The second-order valence-electron chi connectivity index (χ2n) is 4.70. The molecule has 0 aromatic carbocycles. The van der Waals surface area contributed by atoms with Crippen molar-refractivity contribution in [2.75, 3.05) is 33.3 Å². The molecular weight excluding hydrogens is 220 g/mol. The molecule has 1 heterocycles. The number of hydrogen-bond donors (Lipinski definition) is 2. The van der Waals surface area contributed by atoms with Crippen LogP contribution in [0.3, 0.4) is 0 Å². The monoisotopic (exact) mass is 244 g/mol. The molecule has 1 saturated heterocycles. The summed E-state index contributed by atoms with van der Waals surface area (Å²) in [6, 6.07) is -0.439. The van der Waals surface area contributed by atoms with E-state index in [1.807, 2.05) is 0 Å². The molecule has 1 aliphatic heterocycles. The highest BCUT2D eigenvalue weighted by Crippen LogP contribution is 2.04. The number of morpholine rings is 1. The van der Waals surface area contributed by atoms with Crippen LogP contribution in [-0.2, 0) is 9.53 Å². The molecule has 1 rings (SSSR count). The lowest BCUT2D eigenvalue weighted by Crippen LogP contribution is -2.48. The van der Waals surface area contributed by atoms with Gasteiger partial charge in [0.1, 0.15) is 6.04 Å². The molecule has 0 aliphatic carbocycles. The van der Waals surface area contributed by atoms with Crippen LogP contribution in [0.15, 0.2) is 0 Å². The second kappa shape index (κ2) is 7.63. The largest absolute Gasteiger partial charge is 0.480 e. The van der Waals surface area contributed by atoms with Crippen LogP contribution in [0.2, 0.25) is 0 Å². The van der Waals surface area contributed by atoms with Gasteiger partial charge in [-0.25, -0.2) is 0 Å². The summed E-state index contributed by atoms with van der Waals surface area (Å²) in [7, 11) is 2.06. The summed E-state index contributed by atoms with van der Waals surface area (Å²) in [4.78, 5) is 13.2. The Morgan fingerprint density at radius 3 is 3.00 bits per heavy atom. The summed E-state index contributed by atoms with van der Waals surface area (Å²) in [5, 5.41) is 12.2. The van der Waals surface area contributed by atoms with E-state index in [0.29, 0.717) is 13.0 Å². The van der Waals surface area contributed by atoms with Crippen LogP contribution in [0.1, 0.15) is 26.2 Å². The number of unbranched alkanes of at least 4 members (excludes halogenated alkanes) is 1. The maximum atomic E-state index is 11.0. The number of carboxylic acids is 1. The molecule has 2 atom stereocenters. The van der Waals surface area contributed by atoms with Crippen LogP contribution in [0.5, 0.6) is 0 Å². The van der Waals surface area contributed by atoms with Crippen LogP contribution >= 0.6 is 0 Å². The van der Waals surface area contributed by atoms with Gasteiger partial charge >= 0.3 is 5.97 Å². The van der Waals surface area contributed by atoms with E-state index >= 15 is 0 Å². The number of rotatable bonds is 7. The maximum absolute atomic E-state index is 11.0. The first-order chi connectivity index (χ1) is 8.13. The predicted octanol–water partition coefficient (Wildman–Crippen LogP) is 0.550. The third-order valence-electron chi connectivity index (χ3n) is 3.08. The Hall–Kier alpha value is -0.650. The quantitative estimate of drug-likeness (QED) is 0.685. The molecular formula is C12H24N2O3. The lowest BCUT2D eigenvalue weighted by Gasteiger charge is -2.30. The van der Waals surface area contributed by atoms with Crippen molar-refractivity contribution in [1.82, 2.24) is 10.2 Å². The van der Waals surface area contributed by atoms with E-state index in [4.69, 9.17) is 9.84 Å². The molecule has 0 amide bonds. The topological polar surface area (TPSA) is 61.8 Å². The van der Waals surface area contributed by atoms with Crippen molar-refractivity contribution in [2.45, 2.75) is 38.3 Å². The molecule has 1 fully saturated rings. The van der Waals surface area contributed by atoms with Crippen molar-refractivity contribution in [3.8, 4) is 0 Å². The zero-order chi connectivity index (χ0) is 12.7. The number of carbonyl (C=O) groups is 1. The first kappa shape index (κ1) is 14.4. The molecule has 100 valence electrons. The molecule has 0 aromatic heterocycles. The number of nitrogens with zero attached hydrogens (tertiary/aromatic N) is 1. The molecule has 5 heteroatoms. The summed E-state index contributed by atoms with van der Waals surface area (Å²) >= 11 is 0. The molecule has 2 N–H and O–H groups in total. The van der Waals surface area contributed by atoms with E-state index in [1.165, 1.54) is 0 Å². The van der Waals surface area contributed by atoms with Gasteiger partial charge < -0.3 is 20.1 Å². The van der Waals surface area contributed by atoms with Crippen molar-refractivity contribution >= 4 is 5.97 Å². The summed E-state index contributed by atoms with van der Waals surface area (Å²) in [5.41, 5.74) is 0. The number of carboxylic acid groups (broad SMARTS) is 1. The molecule has 2 unspecified atom stereocenters. The zero-order valence-electron chi connectivity index (χ0n) is 10.8. The third kappa shape index (κ3) is 5.48. The lowest BCUT2D eigenvalue weighted by molar-refractivity contribution is -0.140. The molecule has 0 saturated carbocycles. The molecule has 5 nitrogen and oxygen atoms in total. The van der Waals surface area contributed by atoms with Crippen LogP contribution in [-0.4, -0.2) is 61.4 Å². The summed E-state index contributed by atoms with van der Waals surface area (Å²) in [6.45, 7) is 5.24. The number of likely N-dealkylation sites (N-methyl/N-ethyl adjacent to an activating group) is 1. The Morgan fingerprint density at radius 1 is 1.65 bits per heavy atom. The Morgan fingerprint density at radius 2 is 2.41 bits per heavy atom. The second-order valence-corrected chi connectivity index (χ2v) is 4.70. The van der Waals surface area contributed by atoms with Crippen LogP contribution in [0.4, 0.5) is 0 Å². The van der Waals surface area contributed by atoms with Gasteiger partial charge in [-0.05, 0) is 13.5 Å². The minimum absolute atomic E-state index is 0.109. The van der Waals surface area contributed by atoms with Crippen molar-refractivity contribution < 1.29 is 14.6 Å². The van der Waals surface area contributed by atoms with Gasteiger partial charge in [-0.1, -0.05) is 19.8 Å². The van der Waals surface area contributed by atoms with Crippen LogP contribution in [0, 0.1) is 0 Å². The van der Waals surface area contributed by atoms with Crippen molar-refractivity contribution in [3.05, 3.63) is 0 Å². The standard InChI is InChI=1S/C12H24N2O3/c1-3-4-5-11(12(15)16)13-8-10-9-14(2)6-7-17-10/h10-11,13H,3-9H2,1-2H3,(H,15,16). The molecule has 0 spiro atoms. The SMILES string of the molecule is CCCCC(NCC1CN(C)CCO1)C(=O)O. The molecule has 0 bridgehead atoms. The van der Waals surface area contributed by atoms with Gasteiger partial charge in [0.05, 0.1) is 12.7 Å². The van der Waals surface area contributed by atoms with E-state index in [0.717, 1.165) is 32.5 Å². The van der Waals surface area contributed by atoms with Gasteiger partial charge in [0.2, 0.25) is 0 Å². The average Bonchev–Trinajstić information content (AvgIpc) is 2.28. The highest BCUT2D eigenvalue weighted by atomic mass is 16.5. The van der Waals surface area contributed by atoms with Crippen LogP contribution in [0.25, 0.3) is 0 Å². The van der Waals surface area contributed by atoms with Crippen LogP contribution < -0.4 is 5.32 Å². The Bertz CT molecular complexity index is 236. The highest BCUT2D eigenvalue weighted by Gasteiger charge is 2.21. The van der Waals surface area contributed by atoms with E-state index < -0.39 is 12.0 Å². The number of nitrogens with one attached hydrogen (secondary N) is 1. The first-order valence-corrected chi connectivity index (χ1v) is 6.39. The minimum Gasteiger partial charge on any atom is -0.480 e. The fourth-order valence-electron chi connectivity index (χ4n) is 1.99. The summed E-state index contributed by atoms with van der Waals surface area (Å²) in [5.74, 6) is -0.761. The van der Waals surface area contributed by atoms with E-state index in [-0.39, 0.29) is 6.10 Å². The van der Waals surface area contributed by atoms with E-state index in [9.17, 15) is 4.79 Å². The normalized spacial score (nSPS) is 23.5. The van der Waals surface area contributed by atoms with Gasteiger partial charge in [0.25, 0.3) is 0 Å². The fourth-order valence-corrected chi connectivity index (χ4v) is 1.99. The Balaban J connectivity index is 2.27. The van der Waals surface area contributed by atoms with E-state index in [1.54, 1.807) is 0 Å². The van der Waals surface area contributed by atoms with Gasteiger partial charge in [0, 0.05) is 19.6 Å². The van der Waals surface area contributed by atoms with Gasteiger partial charge in [-0.3, -0.25) is 4.79 Å². The Kier molecular flexibility index (Phi) is 6.47. The van der Waals surface area contributed by atoms with Gasteiger partial charge in [-0.2, -0.15) is 0 Å². The van der Waals surface area contributed by atoms with Gasteiger partial charge in [0.15, 0.2) is 0 Å². The molecule has 0 radical (unpaired) electrons. The fraction of sp³-hybridized carbons (Fsp3) is 0.917. The smallest absolute Gasteiger partial charge is 0.320 e. The maximum Gasteiger partial charge on any atom is 0.320 e. The molecule has 0 aromatic rings. The van der Waals surface area contributed by atoms with Gasteiger partial charge in [-0.15, -0.1) is 0 Å². The van der Waals surface area contributed by atoms with Crippen molar-refractivity contribution in [1.29, 1.82) is 0 Å². The summed E-state index contributed by atoms with van der Waals surface area (Å²) < 4.78 is 5.59.